The predicted molar refractivity (Wildman–Crippen MR) is 65.4 cm³/mol. The van der Waals surface area contributed by atoms with E-state index in [4.69, 9.17) is 11.6 Å². The summed E-state index contributed by atoms with van der Waals surface area (Å²) in [5.41, 5.74) is 1.09. The zero-order chi connectivity index (χ0) is 11.7. The lowest BCUT2D eigenvalue weighted by atomic mass is 10.1. The molecule has 4 nitrogen and oxygen atoms in total. The predicted octanol–water partition coefficient (Wildman–Crippen LogP) is 2.97. The van der Waals surface area contributed by atoms with Crippen LogP contribution in [0.5, 0.6) is 0 Å². The molecule has 0 atom stereocenters. The van der Waals surface area contributed by atoms with E-state index in [1.165, 1.54) is 32.0 Å². The minimum absolute atomic E-state index is 0.565. The van der Waals surface area contributed by atoms with Crippen molar-refractivity contribution in [2.24, 2.45) is 0 Å². The van der Waals surface area contributed by atoms with E-state index in [1.54, 1.807) is 16.9 Å². The lowest BCUT2D eigenvalue weighted by molar-refractivity contribution is 0.675. The van der Waals surface area contributed by atoms with Crippen molar-refractivity contribution < 1.29 is 0 Å². The Morgan fingerprint density at radius 2 is 2.12 bits per heavy atom. The quantitative estimate of drug-likeness (QED) is 0.821. The molecule has 1 aliphatic rings. The van der Waals surface area contributed by atoms with Crippen LogP contribution in [-0.2, 0) is 0 Å². The number of rotatable bonds is 2. The Balaban J connectivity index is 1.96. The summed E-state index contributed by atoms with van der Waals surface area (Å²) >= 11 is 6.20. The number of nitrogens with zero attached hydrogens (tertiary/aromatic N) is 4. The molecule has 1 fully saturated rings. The maximum absolute atomic E-state index is 6.20. The van der Waals surface area contributed by atoms with Crippen LogP contribution in [0.25, 0.3) is 5.82 Å². The molecule has 17 heavy (non-hydrogen) atoms. The van der Waals surface area contributed by atoms with Gasteiger partial charge in [-0.1, -0.05) is 24.4 Å². The van der Waals surface area contributed by atoms with Crippen LogP contribution >= 0.6 is 11.6 Å². The first-order valence-corrected chi connectivity index (χ1v) is 6.24. The summed E-state index contributed by atoms with van der Waals surface area (Å²) < 4.78 is 1.68. The third-order valence-electron chi connectivity index (χ3n) is 3.24. The lowest BCUT2D eigenvalue weighted by Crippen LogP contribution is -2.01. The monoisotopic (exact) mass is 248 g/mol. The zero-order valence-electron chi connectivity index (χ0n) is 9.38. The van der Waals surface area contributed by atoms with Crippen LogP contribution in [0.3, 0.4) is 0 Å². The molecule has 0 bridgehead atoms. The molecule has 2 heterocycles. The van der Waals surface area contributed by atoms with Crippen molar-refractivity contribution in [2.75, 3.05) is 0 Å². The molecule has 0 N–H and O–H groups in total. The third kappa shape index (κ3) is 2.05. The zero-order valence-corrected chi connectivity index (χ0v) is 10.1. The van der Waals surface area contributed by atoms with Crippen molar-refractivity contribution >= 4 is 11.6 Å². The molecule has 0 radical (unpaired) electrons. The summed E-state index contributed by atoms with van der Waals surface area (Å²) in [6.45, 7) is 0. The van der Waals surface area contributed by atoms with Gasteiger partial charge in [-0.2, -0.15) is 5.10 Å². The minimum Gasteiger partial charge on any atom is -0.245 e. The Kier molecular flexibility index (Phi) is 2.81. The third-order valence-corrected chi connectivity index (χ3v) is 3.51. The average molecular weight is 249 g/mol. The maximum atomic E-state index is 6.20. The van der Waals surface area contributed by atoms with E-state index in [0.29, 0.717) is 16.9 Å². The fraction of sp³-hybridized carbons (Fsp3) is 0.417. The van der Waals surface area contributed by atoms with Gasteiger partial charge < -0.3 is 0 Å². The molecule has 2 aromatic rings. The van der Waals surface area contributed by atoms with Crippen LogP contribution in [0.15, 0.2) is 24.7 Å². The van der Waals surface area contributed by atoms with Gasteiger partial charge in [-0.05, 0) is 18.9 Å². The van der Waals surface area contributed by atoms with Gasteiger partial charge in [0.1, 0.15) is 11.5 Å². The van der Waals surface area contributed by atoms with Crippen LogP contribution in [0.2, 0.25) is 5.15 Å². The van der Waals surface area contributed by atoms with E-state index in [-0.39, 0.29) is 0 Å². The van der Waals surface area contributed by atoms with Gasteiger partial charge in [-0.25, -0.2) is 14.6 Å². The molecule has 1 saturated carbocycles. The highest BCUT2D eigenvalue weighted by atomic mass is 35.5. The molecule has 0 aromatic carbocycles. The molecule has 0 spiro atoms. The molecule has 5 heteroatoms. The van der Waals surface area contributed by atoms with Crippen LogP contribution < -0.4 is 0 Å². The summed E-state index contributed by atoms with van der Waals surface area (Å²) in [7, 11) is 0. The van der Waals surface area contributed by atoms with Crippen LogP contribution in [0, 0.1) is 0 Å². The van der Waals surface area contributed by atoms with E-state index >= 15 is 0 Å². The summed E-state index contributed by atoms with van der Waals surface area (Å²) in [4.78, 5) is 8.04. The lowest BCUT2D eigenvalue weighted by Gasteiger charge is -2.03. The first-order valence-electron chi connectivity index (χ1n) is 5.86. The van der Waals surface area contributed by atoms with Gasteiger partial charge in [0.2, 0.25) is 0 Å². The highest BCUT2D eigenvalue weighted by Crippen LogP contribution is 2.34. The number of halogens is 1. The van der Waals surface area contributed by atoms with Crippen molar-refractivity contribution in [3.8, 4) is 5.82 Å². The fourth-order valence-electron chi connectivity index (χ4n) is 2.37. The SMILES string of the molecule is Clc1cc(C2CCCC2)nn1-c1ccncn1. The number of hydrogen-bond donors (Lipinski definition) is 0. The fourth-order valence-corrected chi connectivity index (χ4v) is 2.60. The topological polar surface area (TPSA) is 43.6 Å². The van der Waals surface area contributed by atoms with Gasteiger partial charge in [0.25, 0.3) is 0 Å². The maximum Gasteiger partial charge on any atom is 0.158 e. The first-order chi connectivity index (χ1) is 8.34. The van der Waals surface area contributed by atoms with Gasteiger partial charge in [-0.3, -0.25) is 0 Å². The summed E-state index contributed by atoms with van der Waals surface area (Å²) in [6.07, 6.45) is 8.22. The molecule has 0 amide bonds. The van der Waals surface area contributed by atoms with Crippen molar-refractivity contribution in [1.82, 2.24) is 19.7 Å². The Morgan fingerprint density at radius 3 is 2.82 bits per heavy atom. The van der Waals surface area contributed by atoms with Gasteiger partial charge in [-0.15, -0.1) is 0 Å². The smallest absolute Gasteiger partial charge is 0.158 e. The highest BCUT2D eigenvalue weighted by Gasteiger charge is 2.21. The second-order valence-corrected chi connectivity index (χ2v) is 4.74. The molecule has 3 rings (SSSR count). The Hall–Kier alpha value is -1.42. The summed E-state index contributed by atoms with van der Waals surface area (Å²) in [6, 6.07) is 3.76. The molecule has 0 aliphatic heterocycles. The molecule has 0 saturated heterocycles. The summed E-state index contributed by atoms with van der Waals surface area (Å²) in [5.74, 6) is 1.28. The van der Waals surface area contributed by atoms with E-state index < -0.39 is 0 Å². The molecule has 0 unspecified atom stereocenters. The Bertz CT molecular complexity index is 502. The van der Waals surface area contributed by atoms with Gasteiger partial charge in [0, 0.05) is 18.2 Å². The molecule has 2 aromatic heterocycles. The Morgan fingerprint density at radius 1 is 1.29 bits per heavy atom. The average Bonchev–Trinajstić information content (AvgIpc) is 2.99. The molecular weight excluding hydrogens is 236 g/mol. The summed E-state index contributed by atoms with van der Waals surface area (Å²) in [5, 5.41) is 5.17. The van der Waals surface area contributed by atoms with E-state index in [9.17, 15) is 0 Å². The van der Waals surface area contributed by atoms with Gasteiger partial charge in [0.05, 0.1) is 5.69 Å². The van der Waals surface area contributed by atoms with Crippen molar-refractivity contribution in [1.29, 1.82) is 0 Å². The normalized spacial score (nSPS) is 16.5. The largest absolute Gasteiger partial charge is 0.245 e. The van der Waals surface area contributed by atoms with Crippen molar-refractivity contribution in [3.63, 3.8) is 0 Å². The highest BCUT2D eigenvalue weighted by molar-refractivity contribution is 6.29. The second kappa shape index (κ2) is 4.45. The minimum atomic E-state index is 0.565. The first kappa shape index (κ1) is 10.7. The number of aromatic nitrogens is 4. The number of hydrogen-bond acceptors (Lipinski definition) is 3. The van der Waals surface area contributed by atoms with E-state index in [1.807, 2.05) is 6.07 Å². The van der Waals surface area contributed by atoms with Crippen molar-refractivity contribution in [2.45, 2.75) is 31.6 Å². The molecule has 1 aliphatic carbocycles. The van der Waals surface area contributed by atoms with E-state index in [2.05, 4.69) is 15.1 Å². The second-order valence-electron chi connectivity index (χ2n) is 4.35. The van der Waals surface area contributed by atoms with Crippen LogP contribution in [0.1, 0.15) is 37.3 Å². The van der Waals surface area contributed by atoms with E-state index in [0.717, 1.165) is 5.69 Å². The van der Waals surface area contributed by atoms with Crippen LogP contribution in [-0.4, -0.2) is 19.7 Å². The molecular formula is C12H13ClN4. The van der Waals surface area contributed by atoms with Crippen LogP contribution in [0.4, 0.5) is 0 Å². The molecule has 88 valence electrons. The van der Waals surface area contributed by atoms with Crippen molar-refractivity contribution in [3.05, 3.63) is 35.5 Å². The van der Waals surface area contributed by atoms with Gasteiger partial charge >= 0.3 is 0 Å². The van der Waals surface area contributed by atoms with Gasteiger partial charge in [0.15, 0.2) is 5.82 Å². The standard InChI is InChI=1S/C12H13ClN4/c13-11-7-10(9-3-1-2-4-9)16-17(11)12-5-6-14-8-15-12/h5-9H,1-4H2. The Labute approximate surface area is 105 Å².